The second kappa shape index (κ2) is 4.11. The van der Waals surface area contributed by atoms with E-state index in [0.717, 1.165) is 0 Å². The molecule has 0 amide bonds. The van der Waals surface area contributed by atoms with Gasteiger partial charge in [0.1, 0.15) is 0 Å². The number of rotatable bonds is 4. The molecule has 0 aliphatic heterocycles. The van der Waals surface area contributed by atoms with Crippen LogP contribution in [0.1, 0.15) is 6.92 Å². The minimum absolute atomic E-state index is 0.00662. The first-order valence-corrected chi connectivity index (χ1v) is 4.72. The monoisotopic (exact) mass is 174 g/mol. The molecule has 11 heavy (non-hydrogen) atoms. The van der Waals surface area contributed by atoms with Gasteiger partial charge in [-0.05, 0) is 6.92 Å². The topological polar surface area (TPSA) is 70.0 Å². The van der Waals surface area contributed by atoms with Gasteiger partial charge in [-0.2, -0.15) is 5.26 Å². The van der Waals surface area contributed by atoms with Crippen molar-refractivity contribution in [2.45, 2.75) is 6.92 Å². The van der Waals surface area contributed by atoms with Gasteiger partial charge in [-0.15, -0.1) is 0 Å². The van der Waals surface area contributed by atoms with Gasteiger partial charge in [0, 0.05) is 12.1 Å². The maximum Gasteiger partial charge on any atom is 0.211 e. The van der Waals surface area contributed by atoms with Crippen molar-refractivity contribution in [1.29, 1.82) is 5.26 Å². The van der Waals surface area contributed by atoms with E-state index in [1.165, 1.54) is 6.92 Å². The molecule has 5 heteroatoms. The minimum Gasteiger partial charge on any atom is -0.212 e. The van der Waals surface area contributed by atoms with Crippen molar-refractivity contribution in [3.05, 3.63) is 12.2 Å². The molecule has 0 unspecified atom stereocenters. The van der Waals surface area contributed by atoms with E-state index in [1.807, 2.05) is 0 Å². The average molecular weight is 174 g/mol. The van der Waals surface area contributed by atoms with E-state index in [0.29, 0.717) is 0 Å². The van der Waals surface area contributed by atoms with Crippen molar-refractivity contribution >= 4 is 10.0 Å². The van der Waals surface area contributed by atoms with E-state index in [2.05, 4.69) is 11.3 Å². The molecule has 0 aliphatic carbocycles. The molecule has 0 saturated carbocycles. The third-order valence-corrected chi connectivity index (χ3v) is 2.39. The third-order valence-electron chi connectivity index (χ3n) is 1.04. The fourth-order valence-electron chi connectivity index (χ4n) is 0.339. The van der Waals surface area contributed by atoms with Crippen molar-refractivity contribution in [2.24, 2.45) is 0 Å². The Hall–Kier alpha value is -0.860. The Kier molecular flexibility index (Phi) is 3.79. The highest BCUT2D eigenvalue weighted by molar-refractivity contribution is 7.89. The zero-order valence-electron chi connectivity index (χ0n) is 6.29. The predicted molar refractivity (Wildman–Crippen MR) is 42.2 cm³/mol. The Morgan fingerprint density at radius 1 is 1.73 bits per heavy atom. The summed E-state index contributed by atoms with van der Waals surface area (Å²) in [5.41, 5.74) is 0.210. The van der Waals surface area contributed by atoms with Gasteiger partial charge in [0.15, 0.2) is 0 Å². The highest BCUT2D eigenvalue weighted by atomic mass is 32.2. The molecule has 0 radical (unpaired) electrons. The number of nitrogens with zero attached hydrogens (tertiary/aromatic N) is 1. The van der Waals surface area contributed by atoms with Gasteiger partial charge in [0.2, 0.25) is 10.0 Å². The first-order valence-electron chi connectivity index (χ1n) is 3.07. The van der Waals surface area contributed by atoms with Crippen LogP contribution in [-0.4, -0.2) is 20.7 Å². The van der Waals surface area contributed by atoms with Crippen molar-refractivity contribution in [1.82, 2.24) is 4.72 Å². The van der Waals surface area contributed by atoms with Gasteiger partial charge < -0.3 is 0 Å². The number of nitrogens with one attached hydrogen (secondary N) is 1. The summed E-state index contributed by atoms with van der Waals surface area (Å²) in [5, 5.41) is 8.22. The molecule has 62 valence electrons. The zero-order chi connectivity index (χ0) is 8.91. The molecule has 0 aromatic heterocycles. The Morgan fingerprint density at radius 2 is 2.27 bits per heavy atom. The molecular formula is C6H10N2O2S. The van der Waals surface area contributed by atoms with Gasteiger partial charge in [0.05, 0.1) is 11.8 Å². The molecule has 0 spiro atoms. The fraction of sp³-hybridized carbons (Fsp3) is 0.500. The Labute approximate surface area is 66.6 Å². The number of hydrogen-bond acceptors (Lipinski definition) is 3. The Morgan fingerprint density at radius 3 is 2.64 bits per heavy atom. The second-order valence-corrected chi connectivity index (χ2v) is 4.04. The van der Waals surface area contributed by atoms with Crippen LogP contribution in [0.25, 0.3) is 0 Å². The third kappa shape index (κ3) is 4.53. The predicted octanol–water partition coefficient (Wildman–Crippen LogP) is 0.00548. The normalized spacial score (nSPS) is 10.5. The van der Waals surface area contributed by atoms with Gasteiger partial charge in [-0.3, -0.25) is 0 Å². The summed E-state index contributed by atoms with van der Waals surface area (Å²) < 4.78 is 23.7. The summed E-state index contributed by atoms with van der Waals surface area (Å²) in [7, 11) is -3.19. The van der Waals surface area contributed by atoms with Gasteiger partial charge >= 0.3 is 0 Å². The van der Waals surface area contributed by atoms with E-state index >= 15 is 0 Å². The number of sulfonamides is 1. The highest BCUT2D eigenvalue weighted by Crippen LogP contribution is 1.87. The molecule has 0 fully saturated rings. The van der Waals surface area contributed by atoms with Crippen molar-refractivity contribution in [3.8, 4) is 6.07 Å². The van der Waals surface area contributed by atoms with Gasteiger partial charge in [0.25, 0.3) is 0 Å². The zero-order valence-corrected chi connectivity index (χ0v) is 7.11. The van der Waals surface area contributed by atoms with Crippen LogP contribution in [0.3, 0.4) is 0 Å². The van der Waals surface area contributed by atoms with Crippen LogP contribution in [0.2, 0.25) is 0 Å². The fourth-order valence-corrected chi connectivity index (χ4v) is 0.937. The van der Waals surface area contributed by atoms with Crippen LogP contribution in [-0.2, 0) is 10.0 Å². The molecule has 0 aromatic carbocycles. The summed E-state index contributed by atoms with van der Waals surface area (Å²) in [6.07, 6.45) is 0. The molecule has 4 nitrogen and oxygen atoms in total. The second-order valence-electron chi connectivity index (χ2n) is 1.94. The van der Waals surface area contributed by atoms with Crippen LogP contribution in [0.5, 0.6) is 0 Å². The van der Waals surface area contributed by atoms with Crippen LogP contribution < -0.4 is 4.72 Å². The molecule has 0 heterocycles. The molecule has 1 N–H and O–H groups in total. The smallest absolute Gasteiger partial charge is 0.211 e. The van der Waals surface area contributed by atoms with E-state index in [-0.39, 0.29) is 17.9 Å². The van der Waals surface area contributed by atoms with Crippen LogP contribution >= 0.6 is 0 Å². The molecule has 0 aromatic rings. The lowest BCUT2D eigenvalue weighted by Gasteiger charge is -2.00. The first-order chi connectivity index (χ1) is 5.02. The van der Waals surface area contributed by atoms with E-state index in [4.69, 9.17) is 5.26 Å². The molecular weight excluding hydrogens is 164 g/mol. The van der Waals surface area contributed by atoms with Crippen molar-refractivity contribution < 1.29 is 8.42 Å². The maximum absolute atomic E-state index is 10.8. The number of hydrogen-bond donors (Lipinski definition) is 1. The highest BCUT2D eigenvalue weighted by Gasteiger charge is 2.04. The van der Waals surface area contributed by atoms with Crippen LogP contribution in [0.15, 0.2) is 12.2 Å². The minimum atomic E-state index is -3.19. The lowest BCUT2D eigenvalue weighted by molar-refractivity contribution is 0.586. The summed E-state index contributed by atoms with van der Waals surface area (Å²) in [4.78, 5) is 0. The number of nitriles is 1. The SMILES string of the molecule is C=C(C#N)CNS(=O)(=O)CC. The van der Waals surface area contributed by atoms with E-state index < -0.39 is 10.0 Å². The largest absolute Gasteiger partial charge is 0.212 e. The van der Waals surface area contributed by atoms with Gasteiger partial charge in [-0.1, -0.05) is 6.58 Å². The standard InChI is InChI=1S/C6H10N2O2S/c1-3-11(9,10)8-5-6(2)4-7/h8H,2-3,5H2,1H3. The van der Waals surface area contributed by atoms with E-state index in [9.17, 15) is 8.42 Å². The Bertz CT molecular complexity index is 273. The van der Waals surface area contributed by atoms with Crippen LogP contribution in [0, 0.1) is 11.3 Å². The molecule has 0 aliphatic rings. The molecule has 0 saturated heterocycles. The summed E-state index contributed by atoms with van der Waals surface area (Å²) in [5.74, 6) is 0.0196. The Balaban J connectivity index is 3.93. The van der Waals surface area contributed by atoms with Crippen LogP contribution in [0.4, 0.5) is 0 Å². The lowest BCUT2D eigenvalue weighted by atomic mass is 10.4. The average Bonchev–Trinajstić information content (AvgIpc) is 2.00. The first kappa shape index (κ1) is 10.1. The quantitative estimate of drug-likeness (QED) is 0.610. The maximum atomic E-state index is 10.8. The van der Waals surface area contributed by atoms with Gasteiger partial charge in [-0.25, -0.2) is 13.1 Å². The molecule has 0 bridgehead atoms. The molecule has 0 atom stereocenters. The molecule has 0 rings (SSSR count). The van der Waals surface area contributed by atoms with Crippen molar-refractivity contribution in [3.63, 3.8) is 0 Å². The summed E-state index contributed by atoms with van der Waals surface area (Å²) in [6.45, 7) is 4.85. The van der Waals surface area contributed by atoms with E-state index in [1.54, 1.807) is 6.07 Å². The lowest BCUT2D eigenvalue weighted by Crippen LogP contribution is -2.26. The summed E-state index contributed by atoms with van der Waals surface area (Å²) >= 11 is 0. The summed E-state index contributed by atoms with van der Waals surface area (Å²) in [6, 6.07) is 1.74. The van der Waals surface area contributed by atoms with Crippen molar-refractivity contribution in [2.75, 3.05) is 12.3 Å².